The van der Waals surface area contributed by atoms with E-state index in [1.807, 2.05) is 0 Å². The molecule has 4 saturated carbocycles. The molecule has 0 aromatic rings. The van der Waals surface area contributed by atoms with Crippen molar-refractivity contribution in [1.82, 2.24) is 4.72 Å². The van der Waals surface area contributed by atoms with Gasteiger partial charge in [0.2, 0.25) is 10.0 Å². The number of carbonyl (C=O) groups is 1. The molecule has 5 aliphatic rings. The molecule has 5 rings (SSSR count). The average molecular weight is 425 g/mol. The summed E-state index contributed by atoms with van der Waals surface area (Å²) in [6.07, 6.45) is 8.31. The maximum atomic E-state index is 12.8. The topological polar surface area (TPSA) is 81.7 Å². The Hall–Kier alpha value is -0.435. The van der Waals surface area contributed by atoms with E-state index in [0.29, 0.717) is 24.2 Å². The lowest BCUT2D eigenvalue weighted by molar-refractivity contribution is -0.199. The second-order valence-corrected chi connectivity index (χ2v) is 12.7. The molecule has 29 heavy (non-hydrogen) atoms. The fourth-order valence-corrected chi connectivity index (χ4v) is 7.14. The Bertz CT molecular complexity index is 767. The van der Waals surface area contributed by atoms with Crippen molar-refractivity contribution in [2.45, 2.75) is 96.2 Å². The van der Waals surface area contributed by atoms with Gasteiger partial charge in [0.25, 0.3) is 0 Å². The third-order valence-corrected chi connectivity index (χ3v) is 9.33. The SMILES string of the molecule is CC(NS(C)(=O)=O)C(=O)C[C@@H](CC1CCC1)B1O[C@@H]2C[C@@H]3C[C@@H](C3(C)C)[C@]2(C)O1. The molecule has 6 nitrogen and oxygen atoms in total. The molecule has 0 aromatic carbocycles. The minimum Gasteiger partial charge on any atom is -0.405 e. The third-order valence-electron chi connectivity index (χ3n) is 8.55. The Morgan fingerprint density at radius 2 is 1.93 bits per heavy atom. The first kappa shape index (κ1) is 21.8. The lowest BCUT2D eigenvalue weighted by Gasteiger charge is -2.64. The highest BCUT2D eigenvalue weighted by Gasteiger charge is 2.68. The number of nitrogens with one attached hydrogen (secondary N) is 1. The number of hydrogen-bond donors (Lipinski definition) is 1. The molecule has 1 aliphatic heterocycles. The molecule has 8 heteroatoms. The smallest absolute Gasteiger partial charge is 0.405 e. The summed E-state index contributed by atoms with van der Waals surface area (Å²) in [4.78, 5) is 12.8. The maximum absolute atomic E-state index is 12.8. The van der Waals surface area contributed by atoms with E-state index in [-0.39, 0.29) is 35.8 Å². The van der Waals surface area contributed by atoms with Crippen LogP contribution in [0.25, 0.3) is 0 Å². The Labute approximate surface area is 176 Å². The summed E-state index contributed by atoms with van der Waals surface area (Å²) in [6, 6.07) is -0.722. The van der Waals surface area contributed by atoms with Gasteiger partial charge in [-0.1, -0.05) is 33.1 Å². The normalized spacial score (nSPS) is 38.0. The highest BCUT2D eigenvalue weighted by molar-refractivity contribution is 7.88. The summed E-state index contributed by atoms with van der Waals surface area (Å²) in [5.74, 6) is 1.71. The molecule has 0 radical (unpaired) electrons. The van der Waals surface area contributed by atoms with Gasteiger partial charge in [-0.05, 0) is 56.3 Å². The Balaban J connectivity index is 1.47. The van der Waals surface area contributed by atoms with Crippen LogP contribution < -0.4 is 4.72 Å². The second kappa shape index (κ2) is 7.32. The fraction of sp³-hybridized carbons (Fsp3) is 0.952. The molecule has 0 spiro atoms. The van der Waals surface area contributed by atoms with E-state index >= 15 is 0 Å². The summed E-state index contributed by atoms with van der Waals surface area (Å²) >= 11 is 0. The quantitative estimate of drug-likeness (QED) is 0.604. The molecule has 6 atom stereocenters. The van der Waals surface area contributed by atoms with Gasteiger partial charge < -0.3 is 9.31 Å². The van der Waals surface area contributed by atoms with Gasteiger partial charge in [0.05, 0.1) is 24.0 Å². The van der Waals surface area contributed by atoms with Crippen LogP contribution in [0.3, 0.4) is 0 Å². The van der Waals surface area contributed by atoms with Gasteiger partial charge in [0.1, 0.15) is 5.78 Å². The minimum atomic E-state index is -3.41. The third kappa shape index (κ3) is 3.95. The molecule has 1 heterocycles. The average Bonchev–Trinajstić information content (AvgIpc) is 2.91. The van der Waals surface area contributed by atoms with E-state index in [1.165, 1.54) is 25.7 Å². The standard InChI is InChI=1S/C21H36BNO5S/c1-13(23-29(5,25)26)17(24)12-16(9-14-7-6-8-14)22-27-19-11-15-10-18(20(15,2)3)21(19,4)28-22/h13-16,18-19,23H,6-12H2,1-5H3/t13?,15-,16+,18-,19+,21-/m0/s1. The number of ketones is 1. The number of Topliss-reactive ketones (excluding diaryl/α,β-unsaturated/α-hetero) is 1. The van der Waals surface area contributed by atoms with Gasteiger partial charge in [0, 0.05) is 12.2 Å². The zero-order valence-corrected chi connectivity index (χ0v) is 19.3. The molecule has 1 saturated heterocycles. The van der Waals surface area contributed by atoms with E-state index in [1.54, 1.807) is 6.92 Å². The van der Waals surface area contributed by atoms with Crippen molar-refractivity contribution in [2.75, 3.05) is 6.26 Å². The van der Waals surface area contributed by atoms with Crippen molar-refractivity contribution in [3.63, 3.8) is 0 Å². The molecular formula is C21H36BNO5S. The maximum Gasteiger partial charge on any atom is 0.461 e. The van der Waals surface area contributed by atoms with Gasteiger partial charge in [-0.15, -0.1) is 0 Å². The number of hydrogen-bond acceptors (Lipinski definition) is 5. The molecule has 5 fully saturated rings. The summed E-state index contributed by atoms with van der Waals surface area (Å²) in [6.45, 7) is 8.52. The van der Waals surface area contributed by atoms with Crippen LogP contribution in [0.1, 0.15) is 72.6 Å². The van der Waals surface area contributed by atoms with Crippen molar-refractivity contribution < 1.29 is 22.5 Å². The zero-order chi connectivity index (χ0) is 21.2. The largest absolute Gasteiger partial charge is 0.461 e. The predicted octanol–water partition coefficient (Wildman–Crippen LogP) is 3.17. The van der Waals surface area contributed by atoms with Crippen LogP contribution in [0.2, 0.25) is 5.82 Å². The van der Waals surface area contributed by atoms with Crippen molar-refractivity contribution in [3.8, 4) is 0 Å². The second-order valence-electron chi connectivity index (χ2n) is 10.9. The summed E-state index contributed by atoms with van der Waals surface area (Å²) < 4.78 is 38.6. The molecule has 164 valence electrons. The lowest BCUT2D eigenvalue weighted by atomic mass is 9.43. The van der Waals surface area contributed by atoms with Gasteiger partial charge in [-0.2, -0.15) is 0 Å². The first-order valence-electron chi connectivity index (χ1n) is 11.2. The van der Waals surface area contributed by atoms with E-state index < -0.39 is 16.1 Å². The predicted molar refractivity (Wildman–Crippen MR) is 113 cm³/mol. The van der Waals surface area contributed by atoms with E-state index in [4.69, 9.17) is 9.31 Å². The van der Waals surface area contributed by atoms with Crippen LogP contribution >= 0.6 is 0 Å². The number of sulfonamides is 1. The molecular weight excluding hydrogens is 389 g/mol. The monoisotopic (exact) mass is 425 g/mol. The molecule has 4 aliphatic carbocycles. The number of rotatable bonds is 8. The van der Waals surface area contributed by atoms with Crippen LogP contribution in [-0.2, 0) is 24.1 Å². The zero-order valence-electron chi connectivity index (χ0n) is 18.4. The Morgan fingerprint density at radius 1 is 1.24 bits per heavy atom. The van der Waals surface area contributed by atoms with Crippen molar-refractivity contribution >= 4 is 22.9 Å². The van der Waals surface area contributed by atoms with E-state index in [2.05, 4.69) is 25.5 Å². The number of carbonyl (C=O) groups excluding carboxylic acids is 1. The molecule has 0 aromatic heterocycles. The molecule has 1 unspecified atom stereocenters. The van der Waals surface area contributed by atoms with Crippen LogP contribution in [0.15, 0.2) is 0 Å². The highest BCUT2D eigenvalue weighted by Crippen LogP contribution is 2.66. The van der Waals surface area contributed by atoms with Crippen molar-refractivity contribution in [1.29, 1.82) is 0 Å². The summed E-state index contributed by atoms with van der Waals surface area (Å²) in [5, 5.41) is 0. The van der Waals surface area contributed by atoms with Gasteiger partial charge in [-0.25, -0.2) is 13.1 Å². The first-order valence-corrected chi connectivity index (χ1v) is 13.1. The Kier molecular flexibility index (Phi) is 5.50. The van der Waals surface area contributed by atoms with Crippen LogP contribution in [0.5, 0.6) is 0 Å². The molecule has 0 amide bonds. The van der Waals surface area contributed by atoms with E-state index in [9.17, 15) is 13.2 Å². The summed E-state index contributed by atoms with van der Waals surface area (Å²) in [7, 11) is -3.78. The van der Waals surface area contributed by atoms with Gasteiger partial charge >= 0.3 is 7.12 Å². The van der Waals surface area contributed by atoms with Crippen LogP contribution in [-0.4, -0.2) is 45.3 Å². The molecule has 1 N–H and O–H groups in total. The molecule has 2 bridgehead atoms. The van der Waals surface area contributed by atoms with Crippen molar-refractivity contribution in [3.05, 3.63) is 0 Å². The van der Waals surface area contributed by atoms with Gasteiger partial charge in [0.15, 0.2) is 0 Å². The van der Waals surface area contributed by atoms with Gasteiger partial charge in [-0.3, -0.25) is 4.79 Å². The van der Waals surface area contributed by atoms with Crippen LogP contribution in [0, 0.1) is 23.2 Å². The Morgan fingerprint density at radius 3 is 2.48 bits per heavy atom. The van der Waals surface area contributed by atoms with E-state index in [0.717, 1.165) is 19.1 Å². The fourth-order valence-electron chi connectivity index (χ4n) is 6.37. The first-order chi connectivity index (χ1) is 13.4. The van der Waals surface area contributed by atoms with Crippen LogP contribution in [0.4, 0.5) is 0 Å². The van der Waals surface area contributed by atoms with Crippen molar-refractivity contribution in [2.24, 2.45) is 23.2 Å². The highest BCUT2D eigenvalue weighted by atomic mass is 32.2. The lowest BCUT2D eigenvalue weighted by Crippen LogP contribution is -2.65. The minimum absolute atomic E-state index is 0.0145. The summed E-state index contributed by atoms with van der Waals surface area (Å²) in [5.41, 5.74) is 0.0111.